The molecule has 3 aromatic rings. The van der Waals surface area contributed by atoms with Crippen LogP contribution in [0.5, 0.6) is 0 Å². The quantitative estimate of drug-likeness (QED) is 0.765. The molecule has 0 radical (unpaired) electrons. The van der Waals surface area contributed by atoms with Crippen LogP contribution in [-0.4, -0.2) is 9.55 Å². The second-order valence-corrected chi connectivity index (χ2v) is 5.31. The fraction of sp³-hybridized carbons (Fsp3) is 0.118. The van der Waals surface area contributed by atoms with Gasteiger partial charge in [-0.1, -0.05) is 41.9 Å². The molecule has 0 spiro atoms. The first-order chi connectivity index (χ1) is 10.3. The zero-order valence-electron chi connectivity index (χ0n) is 11.5. The third-order valence-corrected chi connectivity index (χ3v) is 3.58. The molecule has 3 nitrogen and oxygen atoms in total. The number of nitrogens with one attached hydrogen (secondary N) is 1. The van der Waals surface area contributed by atoms with Crippen LogP contribution in [-0.2, 0) is 13.1 Å². The molecule has 0 unspecified atom stereocenters. The number of aromatic nitrogens is 2. The summed E-state index contributed by atoms with van der Waals surface area (Å²) < 4.78 is 2.06. The summed E-state index contributed by atoms with van der Waals surface area (Å²) in [5.74, 6) is 0. The molecular formula is C17H16ClN3. The number of para-hydroxylation sites is 1. The largest absolute Gasteiger partial charge is 0.381 e. The van der Waals surface area contributed by atoms with Gasteiger partial charge in [0, 0.05) is 29.6 Å². The van der Waals surface area contributed by atoms with Crippen molar-refractivity contribution in [2.75, 3.05) is 5.32 Å². The average Bonchev–Trinajstić information content (AvgIpc) is 3.01. The summed E-state index contributed by atoms with van der Waals surface area (Å²) in [5, 5.41) is 4.25. The third kappa shape index (κ3) is 3.64. The van der Waals surface area contributed by atoms with E-state index in [9.17, 15) is 0 Å². The molecule has 2 aromatic carbocycles. The SMILES string of the molecule is Clc1ccc(CNc2ccccc2Cn2ccnc2)cc1. The Bertz CT molecular complexity index is 690. The number of benzene rings is 2. The normalized spacial score (nSPS) is 10.5. The Morgan fingerprint density at radius 1 is 1.05 bits per heavy atom. The lowest BCUT2D eigenvalue weighted by atomic mass is 10.1. The molecule has 21 heavy (non-hydrogen) atoms. The standard InChI is InChI=1S/C17H16ClN3/c18-16-7-5-14(6-8-16)11-20-17-4-2-1-3-15(17)12-21-10-9-19-13-21/h1-10,13,20H,11-12H2. The third-order valence-electron chi connectivity index (χ3n) is 3.33. The maximum atomic E-state index is 5.90. The van der Waals surface area contributed by atoms with Crippen LogP contribution in [0.4, 0.5) is 5.69 Å². The van der Waals surface area contributed by atoms with Crippen LogP contribution in [0.2, 0.25) is 5.02 Å². The Balaban J connectivity index is 1.71. The summed E-state index contributed by atoms with van der Waals surface area (Å²) >= 11 is 5.90. The summed E-state index contributed by atoms with van der Waals surface area (Å²) in [4.78, 5) is 4.08. The van der Waals surface area contributed by atoms with Crippen LogP contribution in [0.25, 0.3) is 0 Å². The molecule has 3 rings (SSSR count). The van der Waals surface area contributed by atoms with Crippen LogP contribution < -0.4 is 5.32 Å². The molecule has 0 amide bonds. The van der Waals surface area contributed by atoms with Crippen molar-refractivity contribution in [2.24, 2.45) is 0 Å². The van der Waals surface area contributed by atoms with Crippen molar-refractivity contribution < 1.29 is 0 Å². The maximum absolute atomic E-state index is 5.90. The van der Waals surface area contributed by atoms with Gasteiger partial charge in [-0.25, -0.2) is 4.98 Å². The van der Waals surface area contributed by atoms with Gasteiger partial charge in [-0.15, -0.1) is 0 Å². The molecule has 0 bridgehead atoms. The minimum Gasteiger partial charge on any atom is -0.381 e. The fourth-order valence-corrected chi connectivity index (χ4v) is 2.33. The van der Waals surface area contributed by atoms with Crippen molar-refractivity contribution >= 4 is 17.3 Å². The highest BCUT2D eigenvalue weighted by atomic mass is 35.5. The molecule has 0 aliphatic rings. The maximum Gasteiger partial charge on any atom is 0.0949 e. The van der Waals surface area contributed by atoms with E-state index in [1.807, 2.05) is 42.9 Å². The summed E-state index contributed by atoms with van der Waals surface area (Å²) in [5.41, 5.74) is 3.59. The van der Waals surface area contributed by atoms with E-state index in [1.165, 1.54) is 11.1 Å². The predicted octanol–water partition coefficient (Wildman–Crippen LogP) is 4.20. The molecule has 4 heteroatoms. The Morgan fingerprint density at radius 3 is 2.62 bits per heavy atom. The first kappa shape index (κ1) is 13.7. The van der Waals surface area contributed by atoms with Crippen molar-refractivity contribution in [1.82, 2.24) is 9.55 Å². The highest BCUT2D eigenvalue weighted by Crippen LogP contribution is 2.18. The van der Waals surface area contributed by atoms with Gasteiger partial charge in [0.1, 0.15) is 0 Å². The Morgan fingerprint density at radius 2 is 1.86 bits per heavy atom. The molecule has 0 aliphatic heterocycles. The fourth-order valence-electron chi connectivity index (χ4n) is 2.21. The molecule has 106 valence electrons. The summed E-state index contributed by atoms with van der Waals surface area (Å²) in [7, 11) is 0. The average molecular weight is 298 g/mol. The number of imidazole rings is 1. The van der Waals surface area contributed by atoms with Crippen LogP contribution in [0.3, 0.4) is 0 Å². The second kappa shape index (κ2) is 6.46. The molecular weight excluding hydrogens is 282 g/mol. The van der Waals surface area contributed by atoms with E-state index in [2.05, 4.69) is 33.1 Å². The van der Waals surface area contributed by atoms with Crippen LogP contribution >= 0.6 is 11.6 Å². The molecule has 0 saturated heterocycles. The number of nitrogens with zero attached hydrogens (tertiary/aromatic N) is 2. The molecule has 1 heterocycles. The highest BCUT2D eigenvalue weighted by molar-refractivity contribution is 6.30. The summed E-state index contributed by atoms with van der Waals surface area (Å²) in [6.45, 7) is 1.59. The first-order valence-corrected chi connectivity index (χ1v) is 7.21. The smallest absolute Gasteiger partial charge is 0.0949 e. The molecule has 0 atom stereocenters. The zero-order valence-corrected chi connectivity index (χ0v) is 12.3. The van der Waals surface area contributed by atoms with Gasteiger partial charge in [-0.3, -0.25) is 0 Å². The van der Waals surface area contributed by atoms with E-state index in [0.29, 0.717) is 0 Å². The lowest BCUT2D eigenvalue weighted by molar-refractivity contribution is 0.797. The van der Waals surface area contributed by atoms with Gasteiger partial charge in [0.25, 0.3) is 0 Å². The Labute approximate surface area is 129 Å². The topological polar surface area (TPSA) is 29.9 Å². The van der Waals surface area contributed by atoms with Crippen molar-refractivity contribution in [3.63, 3.8) is 0 Å². The molecule has 1 aromatic heterocycles. The zero-order chi connectivity index (χ0) is 14.5. The number of hydrogen-bond acceptors (Lipinski definition) is 2. The lowest BCUT2D eigenvalue weighted by Crippen LogP contribution is -2.05. The molecule has 0 fully saturated rings. The Kier molecular flexibility index (Phi) is 4.22. The lowest BCUT2D eigenvalue weighted by Gasteiger charge is -2.12. The minimum absolute atomic E-state index is 0.763. The van der Waals surface area contributed by atoms with Gasteiger partial charge >= 0.3 is 0 Å². The number of rotatable bonds is 5. The van der Waals surface area contributed by atoms with Gasteiger partial charge < -0.3 is 9.88 Å². The summed E-state index contributed by atoms with van der Waals surface area (Å²) in [6.07, 6.45) is 5.59. The number of halogens is 1. The number of anilines is 1. The van der Waals surface area contributed by atoms with Gasteiger partial charge in [0.05, 0.1) is 12.9 Å². The minimum atomic E-state index is 0.763. The van der Waals surface area contributed by atoms with E-state index in [-0.39, 0.29) is 0 Å². The monoisotopic (exact) mass is 297 g/mol. The highest BCUT2D eigenvalue weighted by Gasteiger charge is 2.02. The van der Waals surface area contributed by atoms with Crippen molar-refractivity contribution in [3.05, 3.63) is 83.4 Å². The van der Waals surface area contributed by atoms with Crippen LogP contribution in [0.1, 0.15) is 11.1 Å². The van der Waals surface area contributed by atoms with E-state index >= 15 is 0 Å². The van der Waals surface area contributed by atoms with E-state index in [0.717, 1.165) is 23.8 Å². The number of hydrogen-bond donors (Lipinski definition) is 1. The molecule has 0 aliphatic carbocycles. The van der Waals surface area contributed by atoms with Gasteiger partial charge in [-0.2, -0.15) is 0 Å². The second-order valence-electron chi connectivity index (χ2n) is 4.87. The Hall–Kier alpha value is -2.26. The van der Waals surface area contributed by atoms with Gasteiger partial charge in [-0.05, 0) is 29.3 Å². The van der Waals surface area contributed by atoms with Crippen LogP contribution in [0.15, 0.2) is 67.3 Å². The van der Waals surface area contributed by atoms with Crippen molar-refractivity contribution in [3.8, 4) is 0 Å². The first-order valence-electron chi connectivity index (χ1n) is 6.83. The van der Waals surface area contributed by atoms with Crippen molar-refractivity contribution in [2.45, 2.75) is 13.1 Å². The van der Waals surface area contributed by atoms with E-state index < -0.39 is 0 Å². The predicted molar refractivity (Wildman–Crippen MR) is 86.5 cm³/mol. The van der Waals surface area contributed by atoms with Crippen molar-refractivity contribution in [1.29, 1.82) is 0 Å². The van der Waals surface area contributed by atoms with E-state index in [1.54, 1.807) is 6.20 Å². The van der Waals surface area contributed by atoms with Crippen LogP contribution in [0, 0.1) is 0 Å². The summed E-state index contributed by atoms with van der Waals surface area (Å²) in [6, 6.07) is 16.2. The van der Waals surface area contributed by atoms with Gasteiger partial charge in [0.2, 0.25) is 0 Å². The molecule has 0 saturated carbocycles. The van der Waals surface area contributed by atoms with E-state index in [4.69, 9.17) is 11.6 Å². The van der Waals surface area contributed by atoms with Gasteiger partial charge in [0.15, 0.2) is 0 Å². The molecule has 1 N–H and O–H groups in total.